The van der Waals surface area contributed by atoms with Gasteiger partial charge in [0.2, 0.25) is 0 Å². The third kappa shape index (κ3) is 6.31. The van der Waals surface area contributed by atoms with Crippen molar-refractivity contribution in [3.05, 3.63) is 233 Å². The average Bonchev–Trinajstić information content (AvgIpc) is 3.56. The predicted octanol–water partition coefficient (Wildman–Crippen LogP) is 15.5. The Bertz CT molecular complexity index is 3400. The van der Waals surface area contributed by atoms with Crippen molar-refractivity contribution in [1.82, 2.24) is 0 Å². The zero-order chi connectivity index (χ0) is 42.1. The second-order valence-corrected chi connectivity index (χ2v) is 17.9. The Labute approximate surface area is 369 Å². The molecule has 300 valence electrons. The molecule has 0 unspecified atom stereocenters. The number of benzene rings is 9. The van der Waals surface area contributed by atoms with Gasteiger partial charge in [0.15, 0.2) is 5.84 Å². The number of amidine groups is 1. The number of aliphatic imine (C=N–C) groups is 2. The lowest BCUT2D eigenvalue weighted by molar-refractivity contribution is 0.660. The molecule has 0 saturated heterocycles. The highest BCUT2D eigenvalue weighted by molar-refractivity contribution is 6.17. The summed E-state index contributed by atoms with van der Waals surface area (Å²) < 4.78 is 0. The van der Waals surface area contributed by atoms with E-state index >= 15 is 0 Å². The molecule has 2 nitrogen and oxygen atoms in total. The van der Waals surface area contributed by atoms with Crippen LogP contribution in [0.5, 0.6) is 0 Å². The first-order valence-electron chi connectivity index (χ1n) is 22.4. The molecule has 2 heteroatoms. The number of hydrogen-bond acceptors (Lipinski definition) is 2. The van der Waals surface area contributed by atoms with Crippen LogP contribution >= 0.6 is 0 Å². The first-order valence-corrected chi connectivity index (χ1v) is 22.4. The topological polar surface area (TPSA) is 24.7 Å². The van der Waals surface area contributed by atoms with Crippen LogP contribution in [0.25, 0.3) is 71.7 Å². The van der Waals surface area contributed by atoms with E-state index in [2.05, 4.69) is 208 Å². The molecule has 0 saturated carbocycles. The zero-order valence-electron chi connectivity index (χ0n) is 35.7. The van der Waals surface area contributed by atoms with Crippen LogP contribution < -0.4 is 0 Å². The van der Waals surface area contributed by atoms with Crippen molar-refractivity contribution < 1.29 is 0 Å². The summed E-state index contributed by atoms with van der Waals surface area (Å²) in [6.45, 7) is 4.71. The monoisotopic (exact) mass is 806 g/mol. The number of nitrogens with zero attached hydrogens (tertiary/aromatic N) is 2. The van der Waals surface area contributed by atoms with Gasteiger partial charge in [-0.15, -0.1) is 0 Å². The molecule has 0 bridgehead atoms. The molecule has 0 fully saturated rings. The van der Waals surface area contributed by atoms with Crippen molar-refractivity contribution in [2.45, 2.75) is 44.9 Å². The fourth-order valence-corrected chi connectivity index (χ4v) is 10.7. The van der Waals surface area contributed by atoms with E-state index in [1.54, 1.807) is 0 Å². The molecule has 1 aliphatic heterocycles. The van der Waals surface area contributed by atoms with E-state index in [9.17, 15) is 0 Å². The molecule has 0 atom stereocenters. The zero-order valence-corrected chi connectivity index (χ0v) is 35.7. The highest BCUT2D eigenvalue weighted by atomic mass is 14.9. The Morgan fingerprint density at radius 3 is 1.94 bits per heavy atom. The molecule has 2 aliphatic carbocycles. The summed E-state index contributed by atoms with van der Waals surface area (Å²) in [6, 6.07) is 69.2. The lowest BCUT2D eigenvalue weighted by Gasteiger charge is -2.27. The van der Waals surface area contributed by atoms with Crippen molar-refractivity contribution in [2.75, 3.05) is 0 Å². The summed E-state index contributed by atoms with van der Waals surface area (Å²) in [4.78, 5) is 11.2. The van der Waals surface area contributed by atoms with Gasteiger partial charge in [0.25, 0.3) is 0 Å². The van der Waals surface area contributed by atoms with Gasteiger partial charge < -0.3 is 0 Å². The predicted molar refractivity (Wildman–Crippen MR) is 266 cm³/mol. The number of allylic oxidation sites excluding steroid dienone is 1. The first-order chi connectivity index (χ1) is 31.0. The van der Waals surface area contributed by atoms with Crippen LogP contribution in [-0.4, -0.2) is 11.5 Å². The van der Waals surface area contributed by atoms with Crippen molar-refractivity contribution in [3.8, 4) is 44.5 Å². The van der Waals surface area contributed by atoms with E-state index in [0.29, 0.717) is 0 Å². The van der Waals surface area contributed by atoms with E-state index in [0.717, 1.165) is 54.1 Å². The second-order valence-electron chi connectivity index (χ2n) is 17.9. The molecular weight excluding hydrogens is 761 g/mol. The standard InChI is InChI=1S/C61H46N2/c1-61(2)55-23-11-10-20-50(55)51-33-32-46(38-56(51)61)58-25-13-24-57(42-15-4-3-5-16-42)62-60(63-58)54-37-45-18-8-9-19-48(45)59-52-22-12-21-47(49(52)34-35-53(54)59)41-29-26-40(27-30-41)44-31-28-39-14-6-7-17-43(39)36-44/h3-12,14-24,26-33,36-38H,13,25,34-35H2,1-2H3/b57-24-,62-60?,63-58?. The van der Waals surface area contributed by atoms with Gasteiger partial charge in [0, 0.05) is 11.0 Å². The van der Waals surface area contributed by atoms with Crippen molar-refractivity contribution in [1.29, 1.82) is 0 Å². The number of fused-ring (bicyclic) bond motifs is 9. The third-order valence-corrected chi connectivity index (χ3v) is 13.9. The SMILES string of the molecule is CC1(C)c2ccccc2-c2ccc(C3=NC(c4cc5ccccc5c5c4CCc4c(-c6ccc(-c7ccc8ccccc8c7)cc6)cccc4-5)=N/C(c4ccccc4)=C\CC3)cc21. The van der Waals surface area contributed by atoms with E-state index in [1.807, 2.05) is 0 Å². The minimum Gasteiger partial charge on any atom is -0.232 e. The van der Waals surface area contributed by atoms with Gasteiger partial charge in [-0.1, -0.05) is 190 Å². The van der Waals surface area contributed by atoms with Gasteiger partial charge in [-0.2, -0.15) is 0 Å². The fourth-order valence-electron chi connectivity index (χ4n) is 10.7. The van der Waals surface area contributed by atoms with E-state index in [1.165, 1.54) is 93.9 Å². The van der Waals surface area contributed by atoms with Crippen LogP contribution in [0.15, 0.2) is 204 Å². The van der Waals surface area contributed by atoms with E-state index < -0.39 is 0 Å². The van der Waals surface area contributed by atoms with E-state index in [-0.39, 0.29) is 5.41 Å². The van der Waals surface area contributed by atoms with Crippen molar-refractivity contribution in [3.63, 3.8) is 0 Å². The molecular formula is C61H46N2. The molecule has 9 aromatic rings. The molecule has 3 aliphatic rings. The Hall–Kier alpha value is -7.42. The maximum atomic E-state index is 5.69. The lowest BCUT2D eigenvalue weighted by Crippen LogP contribution is -2.17. The quantitative estimate of drug-likeness (QED) is 0.166. The largest absolute Gasteiger partial charge is 0.232 e. The van der Waals surface area contributed by atoms with Crippen LogP contribution in [-0.2, 0) is 18.3 Å². The van der Waals surface area contributed by atoms with E-state index in [4.69, 9.17) is 9.98 Å². The van der Waals surface area contributed by atoms with Gasteiger partial charge in [0.05, 0.1) is 11.4 Å². The third-order valence-electron chi connectivity index (χ3n) is 13.9. The number of rotatable bonds is 5. The average molecular weight is 807 g/mol. The molecule has 1 heterocycles. The minimum absolute atomic E-state index is 0.0929. The summed E-state index contributed by atoms with van der Waals surface area (Å²) in [7, 11) is 0. The van der Waals surface area contributed by atoms with Crippen LogP contribution in [0, 0.1) is 0 Å². The summed E-state index contributed by atoms with van der Waals surface area (Å²) >= 11 is 0. The van der Waals surface area contributed by atoms with Gasteiger partial charge in [-0.25, -0.2) is 9.98 Å². The molecule has 9 aromatic carbocycles. The summed E-state index contributed by atoms with van der Waals surface area (Å²) in [5.41, 5.74) is 21.2. The minimum atomic E-state index is -0.0929. The smallest absolute Gasteiger partial charge is 0.160 e. The van der Waals surface area contributed by atoms with Gasteiger partial charge in [-0.3, -0.25) is 0 Å². The Balaban J connectivity index is 0.998. The van der Waals surface area contributed by atoms with Crippen LogP contribution in [0.2, 0.25) is 0 Å². The molecule has 0 N–H and O–H groups in total. The van der Waals surface area contributed by atoms with Crippen molar-refractivity contribution >= 4 is 38.8 Å². The maximum Gasteiger partial charge on any atom is 0.160 e. The molecule has 0 amide bonds. The lowest BCUT2D eigenvalue weighted by atomic mass is 9.77. The summed E-state index contributed by atoms with van der Waals surface area (Å²) in [5, 5.41) is 5.00. The molecule has 0 aromatic heterocycles. The Morgan fingerprint density at radius 2 is 1.06 bits per heavy atom. The normalized spacial score (nSPS) is 15.8. The van der Waals surface area contributed by atoms with Gasteiger partial charge in [-0.05, 0) is 143 Å². The summed E-state index contributed by atoms with van der Waals surface area (Å²) in [5.74, 6) is 0.786. The molecule has 0 radical (unpaired) electrons. The molecule has 63 heavy (non-hydrogen) atoms. The molecule has 0 spiro atoms. The Kier molecular flexibility index (Phi) is 8.83. The summed E-state index contributed by atoms with van der Waals surface area (Å²) in [6.07, 6.45) is 5.83. The highest BCUT2D eigenvalue weighted by Crippen LogP contribution is 2.49. The van der Waals surface area contributed by atoms with Crippen LogP contribution in [0.3, 0.4) is 0 Å². The molecule has 12 rings (SSSR count). The Morgan fingerprint density at radius 1 is 0.397 bits per heavy atom. The highest BCUT2D eigenvalue weighted by Gasteiger charge is 2.35. The first kappa shape index (κ1) is 37.4. The van der Waals surface area contributed by atoms with Gasteiger partial charge in [0.1, 0.15) is 0 Å². The van der Waals surface area contributed by atoms with Gasteiger partial charge >= 0.3 is 0 Å². The second kappa shape index (κ2) is 14.9. The van der Waals surface area contributed by atoms with Crippen LogP contribution in [0.1, 0.15) is 65.6 Å². The fraction of sp³-hybridized carbons (Fsp3) is 0.115. The van der Waals surface area contributed by atoms with Crippen molar-refractivity contribution in [2.24, 2.45) is 9.98 Å². The number of hydrogen-bond donors (Lipinski definition) is 0. The van der Waals surface area contributed by atoms with Crippen LogP contribution in [0.4, 0.5) is 0 Å². The maximum absolute atomic E-state index is 5.69.